The zero-order valence-electron chi connectivity index (χ0n) is 13.0. The molecule has 2 aromatic carbocycles. The summed E-state index contributed by atoms with van der Waals surface area (Å²) in [6, 6.07) is 15.4. The fraction of sp³-hybridized carbons (Fsp3) is 0. The Hall–Kier alpha value is -3.17. The van der Waals surface area contributed by atoms with Crippen LogP contribution < -0.4 is 5.73 Å². The number of nitrogens with zero attached hydrogens (tertiary/aromatic N) is 3. The Bertz CT molecular complexity index is 1120. The van der Waals surface area contributed by atoms with E-state index >= 15 is 0 Å². The molecule has 0 saturated heterocycles. The van der Waals surface area contributed by atoms with Crippen molar-refractivity contribution in [2.24, 2.45) is 0 Å². The maximum atomic E-state index is 7.11. The first-order chi connectivity index (χ1) is 12.2. The standard InChI is InChI=1S/C19H12BrN5/c1-22-13-5-2-11(3-6-13)18-17(16-8-9-23-19(21)25-16)14-10-12(20)4-7-15(14)24-18/h2-10,24H,(H2,21,23,25). The molecule has 0 aliphatic rings. The lowest BCUT2D eigenvalue weighted by molar-refractivity contribution is 1.19. The number of aromatic amines is 1. The van der Waals surface area contributed by atoms with Gasteiger partial charge in [-0.15, -0.1) is 0 Å². The first kappa shape index (κ1) is 15.4. The van der Waals surface area contributed by atoms with Gasteiger partial charge in [-0.3, -0.25) is 0 Å². The minimum absolute atomic E-state index is 0.233. The van der Waals surface area contributed by atoms with E-state index in [4.69, 9.17) is 12.3 Å². The van der Waals surface area contributed by atoms with Gasteiger partial charge >= 0.3 is 0 Å². The monoisotopic (exact) mass is 389 g/mol. The molecule has 6 heteroatoms. The van der Waals surface area contributed by atoms with Crippen LogP contribution in [-0.4, -0.2) is 15.0 Å². The van der Waals surface area contributed by atoms with Gasteiger partial charge < -0.3 is 10.7 Å². The Morgan fingerprint density at radius 1 is 1.08 bits per heavy atom. The molecular weight excluding hydrogens is 378 g/mol. The molecule has 0 aliphatic carbocycles. The van der Waals surface area contributed by atoms with Crippen LogP contribution in [0.1, 0.15) is 0 Å². The number of anilines is 1. The Morgan fingerprint density at radius 3 is 2.60 bits per heavy atom. The second kappa shape index (κ2) is 6.04. The third kappa shape index (κ3) is 2.75. The van der Waals surface area contributed by atoms with Crippen LogP contribution in [0.15, 0.2) is 59.2 Å². The van der Waals surface area contributed by atoms with E-state index in [1.165, 1.54) is 0 Å². The third-order valence-electron chi connectivity index (χ3n) is 3.98. The van der Waals surface area contributed by atoms with E-state index in [0.29, 0.717) is 5.69 Å². The SMILES string of the molecule is [C-]#[N+]c1ccc(-c2[nH]c3ccc(Br)cc3c2-c2ccnc(N)n2)cc1. The zero-order chi connectivity index (χ0) is 17.4. The number of nitrogen functional groups attached to an aromatic ring is 1. The number of benzene rings is 2. The Morgan fingerprint density at radius 2 is 1.88 bits per heavy atom. The number of fused-ring (bicyclic) bond motifs is 1. The Labute approximate surface area is 152 Å². The van der Waals surface area contributed by atoms with Crippen molar-refractivity contribution in [3.05, 3.63) is 70.6 Å². The van der Waals surface area contributed by atoms with E-state index < -0.39 is 0 Å². The van der Waals surface area contributed by atoms with Gasteiger partial charge in [0.05, 0.1) is 18.0 Å². The van der Waals surface area contributed by atoms with E-state index in [1.54, 1.807) is 6.20 Å². The fourth-order valence-corrected chi connectivity index (χ4v) is 3.22. The van der Waals surface area contributed by atoms with Crippen molar-refractivity contribution in [2.45, 2.75) is 0 Å². The van der Waals surface area contributed by atoms with E-state index in [0.717, 1.165) is 37.9 Å². The fourth-order valence-electron chi connectivity index (χ4n) is 2.86. The first-order valence-electron chi connectivity index (χ1n) is 7.54. The van der Waals surface area contributed by atoms with E-state index in [2.05, 4.69) is 41.8 Å². The second-order valence-electron chi connectivity index (χ2n) is 5.52. The molecule has 2 heterocycles. The van der Waals surface area contributed by atoms with Crippen molar-refractivity contribution < 1.29 is 0 Å². The van der Waals surface area contributed by atoms with E-state index in [9.17, 15) is 0 Å². The summed E-state index contributed by atoms with van der Waals surface area (Å²) in [4.78, 5) is 15.3. The minimum atomic E-state index is 0.233. The van der Waals surface area contributed by atoms with Gasteiger partial charge in [-0.25, -0.2) is 14.8 Å². The topological polar surface area (TPSA) is 72.0 Å². The van der Waals surface area contributed by atoms with Crippen molar-refractivity contribution in [3.8, 4) is 22.5 Å². The zero-order valence-corrected chi connectivity index (χ0v) is 14.6. The van der Waals surface area contributed by atoms with Crippen molar-refractivity contribution in [3.63, 3.8) is 0 Å². The molecular formula is C19H12BrN5. The van der Waals surface area contributed by atoms with Crippen molar-refractivity contribution in [1.82, 2.24) is 15.0 Å². The quantitative estimate of drug-likeness (QED) is 0.463. The first-order valence-corrected chi connectivity index (χ1v) is 8.33. The van der Waals surface area contributed by atoms with Gasteiger partial charge in [-0.05, 0) is 29.8 Å². The van der Waals surface area contributed by atoms with Gasteiger partial charge in [0, 0.05) is 27.1 Å². The smallest absolute Gasteiger partial charge is 0.220 e. The van der Waals surface area contributed by atoms with Crippen LogP contribution in [0.3, 0.4) is 0 Å². The lowest BCUT2D eigenvalue weighted by atomic mass is 10.0. The number of halogens is 1. The summed E-state index contributed by atoms with van der Waals surface area (Å²) in [5.74, 6) is 0.233. The van der Waals surface area contributed by atoms with Crippen LogP contribution in [0.5, 0.6) is 0 Å². The maximum absolute atomic E-state index is 7.11. The molecule has 0 amide bonds. The van der Waals surface area contributed by atoms with E-state index in [1.807, 2.05) is 42.5 Å². The Kier molecular flexibility index (Phi) is 3.71. The van der Waals surface area contributed by atoms with Crippen LogP contribution in [0, 0.1) is 6.57 Å². The molecule has 25 heavy (non-hydrogen) atoms. The second-order valence-corrected chi connectivity index (χ2v) is 6.44. The summed E-state index contributed by atoms with van der Waals surface area (Å²) in [6.45, 7) is 7.11. The Balaban J connectivity index is 2.03. The highest BCUT2D eigenvalue weighted by Crippen LogP contribution is 2.39. The summed E-state index contributed by atoms with van der Waals surface area (Å²) in [5, 5.41) is 1.04. The van der Waals surface area contributed by atoms with E-state index in [-0.39, 0.29) is 5.95 Å². The third-order valence-corrected chi connectivity index (χ3v) is 4.47. The molecule has 0 bridgehead atoms. The summed E-state index contributed by atoms with van der Waals surface area (Å²) in [6.07, 6.45) is 1.65. The van der Waals surface area contributed by atoms with Gasteiger partial charge in [0.2, 0.25) is 5.95 Å². The highest BCUT2D eigenvalue weighted by molar-refractivity contribution is 9.10. The molecule has 0 saturated carbocycles. The average molecular weight is 390 g/mol. The molecule has 2 aromatic heterocycles. The molecule has 0 spiro atoms. The average Bonchev–Trinajstić information content (AvgIpc) is 3.00. The van der Waals surface area contributed by atoms with Gasteiger partial charge in [0.25, 0.3) is 0 Å². The largest absolute Gasteiger partial charge is 0.368 e. The molecule has 0 unspecified atom stereocenters. The van der Waals surface area contributed by atoms with Gasteiger partial charge in [-0.1, -0.05) is 40.2 Å². The molecule has 0 aliphatic heterocycles. The van der Waals surface area contributed by atoms with Gasteiger partial charge in [0.1, 0.15) is 0 Å². The minimum Gasteiger partial charge on any atom is -0.368 e. The highest BCUT2D eigenvalue weighted by atomic mass is 79.9. The number of hydrogen-bond acceptors (Lipinski definition) is 3. The van der Waals surface area contributed by atoms with Crippen molar-refractivity contribution in [1.29, 1.82) is 0 Å². The van der Waals surface area contributed by atoms with Crippen LogP contribution in [0.2, 0.25) is 0 Å². The molecule has 3 N–H and O–H groups in total. The lowest BCUT2D eigenvalue weighted by Crippen LogP contribution is -1.95. The lowest BCUT2D eigenvalue weighted by Gasteiger charge is -2.06. The molecule has 0 radical (unpaired) electrons. The van der Waals surface area contributed by atoms with Crippen LogP contribution >= 0.6 is 15.9 Å². The molecule has 0 fully saturated rings. The number of H-pyrrole nitrogens is 1. The van der Waals surface area contributed by atoms with Crippen molar-refractivity contribution >= 4 is 38.5 Å². The molecule has 4 aromatic rings. The highest BCUT2D eigenvalue weighted by Gasteiger charge is 2.17. The predicted octanol–water partition coefficient (Wildman–Crippen LogP) is 5.19. The van der Waals surface area contributed by atoms with Gasteiger partial charge in [0.15, 0.2) is 5.69 Å². The summed E-state index contributed by atoms with van der Waals surface area (Å²) in [5.41, 5.74) is 11.0. The van der Waals surface area contributed by atoms with Crippen LogP contribution in [0.4, 0.5) is 11.6 Å². The number of hydrogen-bond donors (Lipinski definition) is 2. The molecule has 4 rings (SSSR count). The predicted molar refractivity (Wildman–Crippen MR) is 103 cm³/mol. The molecule has 120 valence electrons. The molecule has 5 nitrogen and oxygen atoms in total. The number of nitrogens with one attached hydrogen (secondary N) is 1. The number of aromatic nitrogens is 3. The summed E-state index contributed by atoms with van der Waals surface area (Å²) < 4.78 is 0.984. The number of nitrogens with two attached hydrogens (primary N) is 1. The van der Waals surface area contributed by atoms with Crippen LogP contribution in [0.25, 0.3) is 38.3 Å². The van der Waals surface area contributed by atoms with Gasteiger partial charge in [-0.2, -0.15) is 0 Å². The number of rotatable bonds is 2. The van der Waals surface area contributed by atoms with Crippen molar-refractivity contribution in [2.75, 3.05) is 5.73 Å². The van der Waals surface area contributed by atoms with Crippen LogP contribution in [-0.2, 0) is 0 Å². The normalized spacial score (nSPS) is 10.7. The summed E-state index contributed by atoms with van der Waals surface area (Å²) >= 11 is 3.53. The summed E-state index contributed by atoms with van der Waals surface area (Å²) in [7, 11) is 0. The maximum Gasteiger partial charge on any atom is 0.220 e. The molecule has 0 atom stereocenters.